The SMILES string of the molecule is Cc1cc(-n2c(C)nc3ncccc3c2=O)ccc1NC(=O)c1cccc(Br)c1. The van der Waals surface area contributed by atoms with Crippen molar-refractivity contribution in [1.29, 1.82) is 0 Å². The number of halogens is 1. The molecule has 0 atom stereocenters. The Labute approximate surface area is 175 Å². The van der Waals surface area contributed by atoms with E-state index >= 15 is 0 Å². The maximum atomic E-state index is 12.9. The number of rotatable bonds is 3. The molecule has 144 valence electrons. The van der Waals surface area contributed by atoms with E-state index in [0.29, 0.717) is 33.8 Å². The maximum Gasteiger partial charge on any atom is 0.267 e. The number of nitrogens with zero attached hydrogens (tertiary/aromatic N) is 3. The molecule has 0 aliphatic carbocycles. The van der Waals surface area contributed by atoms with E-state index in [0.717, 1.165) is 10.0 Å². The molecule has 7 heteroatoms. The van der Waals surface area contributed by atoms with Crippen LogP contribution in [0.1, 0.15) is 21.7 Å². The number of hydrogen-bond donors (Lipinski definition) is 1. The molecule has 0 radical (unpaired) electrons. The van der Waals surface area contributed by atoms with Crippen molar-refractivity contribution in [2.45, 2.75) is 13.8 Å². The fraction of sp³-hybridized carbons (Fsp3) is 0.0909. The first-order valence-electron chi connectivity index (χ1n) is 8.96. The van der Waals surface area contributed by atoms with E-state index in [1.165, 1.54) is 0 Å². The summed E-state index contributed by atoms with van der Waals surface area (Å²) in [5, 5.41) is 3.38. The molecule has 4 aromatic rings. The number of pyridine rings is 1. The summed E-state index contributed by atoms with van der Waals surface area (Å²) < 4.78 is 2.39. The minimum absolute atomic E-state index is 0.175. The average molecular weight is 449 g/mol. The lowest BCUT2D eigenvalue weighted by atomic mass is 10.1. The van der Waals surface area contributed by atoms with Gasteiger partial charge in [0.15, 0.2) is 5.65 Å². The van der Waals surface area contributed by atoms with Gasteiger partial charge in [0, 0.05) is 21.9 Å². The zero-order valence-corrected chi connectivity index (χ0v) is 17.4. The van der Waals surface area contributed by atoms with Crippen molar-refractivity contribution in [2.24, 2.45) is 0 Å². The van der Waals surface area contributed by atoms with E-state index in [9.17, 15) is 9.59 Å². The molecule has 2 heterocycles. The Morgan fingerprint density at radius 3 is 2.66 bits per heavy atom. The summed E-state index contributed by atoms with van der Waals surface area (Å²) >= 11 is 3.37. The van der Waals surface area contributed by atoms with Crippen LogP contribution in [0.3, 0.4) is 0 Å². The zero-order chi connectivity index (χ0) is 20.5. The van der Waals surface area contributed by atoms with Crippen LogP contribution >= 0.6 is 15.9 Å². The summed E-state index contributed by atoms with van der Waals surface area (Å²) in [7, 11) is 0. The van der Waals surface area contributed by atoms with Crippen LogP contribution in [0, 0.1) is 13.8 Å². The predicted molar refractivity (Wildman–Crippen MR) is 117 cm³/mol. The highest BCUT2D eigenvalue weighted by molar-refractivity contribution is 9.10. The number of anilines is 1. The molecule has 0 saturated heterocycles. The molecular weight excluding hydrogens is 432 g/mol. The van der Waals surface area contributed by atoms with Gasteiger partial charge in [0.2, 0.25) is 0 Å². The lowest BCUT2D eigenvalue weighted by Gasteiger charge is -2.14. The molecule has 6 nitrogen and oxygen atoms in total. The molecule has 29 heavy (non-hydrogen) atoms. The molecule has 1 N–H and O–H groups in total. The topological polar surface area (TPSA) is 76.9 Å². The van der Waals surface area contributed by atoms with Crippen molar-refractivity contribution in [3.63, 3.8) is 0 Å². The quantitative estimate of drug-likeness (QED) is 0.503. The lowest BCUT2D eigenvalue weighted by Crippen LogP contribution is -2.23. The number of nitrogens with one attached hydrogen (secondary N) is 1. The summed E-state index contributed by atoms with van der Waals surface area (Å²) in [5.41, 5.74) is 3.01. The van der Waals surface area contributed by atoms with Gasteiger partial charge in [-0.2, -0.15) is 0 Å². The van der Waals surface area contributed by atoms with Gasteiger partial charge in [0.05, 0.1) is 11.1 Å². The van der Waals surface area contributed by atoms with E-state index in [4.69, 9.17) is 0 Å². The summed E-state index contributed by atoms with van der Waals surface area (Å²) in [6.45, 7) is 3.66. The second-order valence-electron chi connectivity index (χ2n) is 6.64. The first-order chi connectivity index (χ1) is 13.9. The van der Waals surface area contributed by atoms with Gasteiger partial charge in [-0.3, -0.25) is 14.2 Å². The second-order valence-corrected chi connectivity index (χ2v) is 7.55. The molecule has 2 aromatic carbocycles. The molecule has 4 rings (SSSR count). The minimum atomic E-state index is -0.200. The van der Waals surface area contributed by atoms with Crippen LogP contribution < -0.4 is 10.9 Å². The van der Waals surface area contributed by atoms with Crippen molar-refractivity contribution < 1.29 is 4.79 Å². The average Bonchev–Trinajstić information content (AvgIpc) is 2.70. The molecule has 0 bridgehead atoms. The van der Waals surface area contributed by atoms with Crippen LogP contribution in [0.25, 0.3) is 16.7 Å². The third-order valence-electron chi connectivity index (χ3n) is 4.61. The number of carbonyl (C=O) groups is 1. The van der Waals surface area contributed by atoms with E-state index < -0.39 is 0 Å². The van der Waals surface area contributed by atoms with Crippen LogP contribution in [-0.2, 0) is 0 Å². The Kier molecular flexibility index (Phi) is 4.98. The van der Waals surface area contributed by atoms with Gasteiger partial charge in [-0.05, 0) is 67.9 Å². The van der Waals surface area contributed by atoms with Gasteiger partial charge in [-0.15, -0.1) is 0 Å². The number of fused-ring (bicyclic) bond motifs is 1. The van der Waals surface area contributed by atoms with Gasteiger partial charge in [-0.25, -0.2) is 9.97 Å². The van der Waals surface area contributed by atoms with Gasteiger partial charge in [0.25, 0.3) is 11.5 Å². The van der Waals surface area contributed by atoms with E-state index in [1.807, 2.05) is 25.1 Å². The van der Waals surface area contributed by atoms with Crippen LogP contribution in [0.15, 0.2) is 70.1 Å². The Balaban J connectivity index is 1.70. The summed E-state index contributed by atoms with van der Waals surface area (Å²) in [5.74, 6) is 0.348. The Morgan fingerprint density at radius 1 is 1.07 bits per heavy atom. The second kappa shape index (κ2) is 7.60. The van der Waals surface area contributed by atoms with Crippen molar-refractivity contribution >= 4 is 38.6 Å². The smallest absolute Gasteiger partial charge is 0.267 e. The normalized spacial score (nSPS) is 10.9. The summed E-state index contributed by atoms with van der Waals surface area (Å²) in [6.07, 6.45) is 1.62. The number of aryl methyl sites for hydroxylation is 2. The highest BCUT2D eigenvalue weighted by Crippen LogP contribution is 2.21. The number of hydrogen-bond acceptors (Lipinski definition) is 4. The molecule has 0 unspecified atom stereocenters. The fourth-order valence-electron chi connectivity index (χ4n) is 3.18. The minimum Gasteiger partial charge on any atom is -0.322 e. The first kappa shape index (κ1) is 19.0. The van der Waals surface area contributed by atoms with Crippen LogP contribution in [0.5, 0.6) is 0 Å². The molecule has 0 fully saturated rings. The maximum absolute atomic E-state index is 12.9. The molecule has 0 aliphatic rings. The third kappa shape index (κ3) is 3.69. The number of benzene rings is 2. The highest BCUT2D eigenvalue weighted by Gasteiger charge is 2.13. The summed E-state index contributed by atoms with van der Waals surface area (Å²) in [6, 6.07) is 16.1. The Morgan fingerprint density at radius 2 is 1.90 bits per heavy atom. The van der Waals surface area contributed by atoms with Crippen molar-refractivity contribution in [2.75, 3.05) is 5.32 Å². The Bertz CT molecular complexity index is 1310. The van der Waals surface area contributed by atoms with Crippen LogP contribution in [0.2, 0.25) is 0 Å². The predicted octanol–water partition coefficient (Wildman–Crippen LogP) is 4.41. The number of amides is 1. The molecule has 0 spiro atoms. The van der Waals surface area contributed by atoms with Gasteiger partial charge in [-0.1, -0.05) is 22.0 Å². The summed E-state index contributed by atoms with van der Waals surface area (Å²) in [4.78, 5) is 34.1. The monoisotopic (exact) mass is 448 g/mol. The van der Waals surface area contributed by atoms with Crippen molar-refractivity contribution in [1.82, 2.24) is 14.5 Å². The first-order valence-corrected chi connectivity index (χ1v) is 9.75. The molecular formula is C22H17BrN4O2. The van der Waals surface area contributed by atoms with Gasteiger partial charge < -0.3 is 5.32 Å². The standard InChI is InChI=1S/C22H17BrN4O2/c1-13-11-17(27-14(2)25-20-18(22(27)29)7-4-10-24-20)8-9-19(13)26-21(28)15-5-3-6-16(23)12-15/h3-12H,1-2H3,(H,26,28). The van der Waals surface area contributed by atoms with E-state index in [2.05, 4.69) is 31.2 Å². The van der Waals surface area contributed by atoms with Crippen LogP contribution in [0.4, 0.5) is 5.69 Å². The zero-order valence-electron chi connectivity index (χ0n) is 15.8. The van der Waals surface area contributed by atoms with Crippen molar-refractivity contribution in [3.8, 4) is 5.69 Å². The highest BCUT2D eigenvalue weighted by atomic mass is 79.9. The largest absolute Gasteiger partial charge is 0.322 e. The third-order valence-corrected chi connectivity index (χ3v) is 5.11. The molecule has 1 amide bonds. The molecule has 0 aliphatic heterocycles. The van der Waals surface area contributed by atoms with Gasteiger partial charge in [0.1, 0.15) is 5.82 Å². The molecule has 0 saturated carbocycles. The van der Waals surface area contributed by atoms with E-state index in [-0.39, 0.29) is 11.5 Å². The Hall–Kier alpha value is -3.32. The number of aromatic nitrogens is 3. The fourth-order valence-corrected chi connectivity index (χ4v) is 3.58. The van der Waals surface area contributed by atoms with Crippen LogP contribution in [-0.4, -0.2) is 20.4 Å². The van der Waals surface area contributed by atoms with Crippen molar-refractivity contribution in [3.05, 3.63) is 92.6 Å². The lowest BCUT2D eigenvalue weighted by molar-refractivity contribution is 0.102. The van der Waals surface area contributed by atoms with E-state index in [1.54, 1.807) is 54.1 Å². The number of carbonyl (C=O) groups excluding carboxylic acids is 1. The molecule has 2 aromatic heterocycles. The van der Waals surface area contributed by atoms with Gasteiger partial charge >= 0.3 is 0 Å².